The number of rotatable bonds is 6. The van der Waals surface area contributed by atoms with E-state index in [1.807, 2.05) is 26.1 Å². The van der Waals surface area contributed by atoms with E-state index in [1.54, 1.807) is 28.8 Å². The lowest BCUT2D eigenvalue weighted by Crippen LogP contribution is -2.27. The minimum Gasteiger partial charge on any atom is -0.341 e. The molecule has 0 radical (unpaired) electrons. The van der Waals surface area contributed by atoms with Crippen LogP contribution in [0, 0.1) is 12.7 Å². The molecule has 4 heteroatoms. The number of carbonyl (C=O) groups is 1. The van der Waals surface area contributed by atoms with Crippen LogP contribution in [0.25, 0.3) is 0 Å². The molecular weight excluding hydrogens is 297 g/mol. The Hall–Kier alpha value is -1.81. The highest BCUT2D eigenvalue weighted by atomic mass is 32.2. The lowest BCUT2D eigenvalue weighted by atomic mass is 10.1. The molecule has 0 aliphatic carbocycles. The summed E-state index contributed by atoms with van der Waals surface area (Å²) in [6.07, 6.45) is 0. The van der Waals surface area contributed by atoms with E-state index in [0.717, 1.165) is 11.1 Å². The molecule has 0 fully saturated rings. The smallest absolute Gasteiger partial charge is 0.232 e. The minimum atomic E-state index is -0.234. The molecule has 2 nitrogen and oxygen atoms in total. The Balaban J connectivity index is 1.76. The van der Waals surface area contributed by atoms with Gasteiger partial charge >= 0.3 is 0 Å². The van der Waals surface area contributed by atoms with Gasteiger partial charge in [-0.3, -0.25) is 4.79 Å². The van der Waals surface area contributed by atoms with Crippen molar-refractivity contribution in [1.29, 1.82) is 0 Å². The van der Waals surface area contributed by atoms with E-state index in [0.29, 0.717) is 18.1 Å². The van der Waals surface area contributed by atoms with Crippen molar-refractivity contribution in [2.45, 2.75) is 19.2 Å². The SMILES string of the molecule is Cc1ccc(CN(C)C(=O)CSCc2ccc(F)cc2)cc1. The van der Waals surface area contributed by atoms with E-state index in [-0.39, 0.29) is 11.7 Å². The summed E-state index contributed by atoms with van der Waals surface area (Å²) < 4.78 is 12.8. The molecule has 2 aromatic rings. The lowest BCUT2D eigenvalue weighted by Gasteiger charge is -2.17. The number of halogens is 1. The highest BCUT2D eigenvalue weighted by Crippen LogP contribution is 2.14. The molecule has 22 heavy (non-hydrogen) atoms. The first-order valence-electron chi connectivity index (χ1n) is 7.16. The Morgan fingerprint density at radius 3 is 2.27 bits per heavy atom. The van der Waals surface area contributed by atoms with E-state index in [2.05, 4.69) is 12.1 Å². The molecule has 1 amide bonds. The number of nitrogens with zero attached hydrogens (tertiary/aromatic N) is 1. The summed E-state index contributed by atoms with van der Waals surface area (Å²) in [7, 11) is 1.82. The molecule has 0 aliphatic rings. The molecule has 0 atom stereocenters. The largest absolute Gasteiger partial charge is 0.341 e. The van der Waals surface area contributed by atoms with Crippen LogP contribution in [0.2, 0.25) is 0 Å². The molecule has 2 rings (SSSR count). The summed E-state index contributed by atoms with van der Waals surface area (Å²) >= 11 is 1.55. The average molecular weight is 317 g/mol. The van der Waals surface area contributed by atoms with Gasteiger partial charge in [-0.05, 0) is 30.2 Å². The first-order valence-corrected chi connectivity index (χ1v) is 8.32. The monoisotopic (exact) mass is 317 g/mol. The highest BCUT2D eigenvalue weighted by Gasteiger charge is 2.09. The average Bonchev–Trinajstić information content (AvgIpc) is 2.51. The number of benzene rings is 2. The van der Waals surface area contributed by atoms with Crippen molar-refractivity contribution in [3.8, 4) is 0 Å². The van der Waals surface area contributed by atoms with Gasteiger partial charge in [0.25, 0.3) is 0 Å². The van der Waals surface area contributed by atoms with Gasteiger partial charge in [-0.25, -0.2) is 4.39 Å². The molecule has 116 valence electrons. The zero-order chi connectivity index (χ0) is 15.9. The number of thioether (sulfide) groups is 1. The van der Waals surface area contributed by atoms with Gasteiger partial charge < -0.3 is 4.90 Å². The van der Waals surface area contributed by atoms with Gasteiger partial charge in [0.2, 0.25) is 5.91 Å². The molecule has 0 unspecified atom stereocenters. The van der Waals surface area contributed by atoms with Crippen molar-refractivity contribution in [1.82, 2.24) is 4.90 Å². The fourth-order valence-electron chi connectivity index (χ4n) is 2.00. The molecular formula is C18H20FNOS. The summed E-state index contributed by atoms with van der Waals surface area (Å²) in [5.74, 6) is 1.01. The predicted octanol–water partition coefficient (Wildman–Crippen LogP) is 4.03. The molecule has 0 spiro atoms. The lowest BCUT2D eigenvalue weighted by molar-refractivity contribution is -0.127. The Morgan fingerprint density at radius 1 is 1.05 bits per heavy atom. The number of hydrogen-bond acceptors (Lipinski definition) is 2. The maximum absolute atomic E-state index is 12.8. The van der Waals surface area contributed by atoms with Crippen LogP contribution in [-0.4, -0.2) is 23.6 Å². The van der Waals surface area contributed by atoms with Crippen LogP contribution in [0.1, 0.15) is 16.7 Å². The van der Waals surface area contributed by atoms with E-state index < -0.39 is 0 Å². The van der Waals surface area contributed by atoms with Gasteiger partial charge in [-0.2, -0.15) is 0 Å². The number of aryl methyl sites for hydroxylation is 1. The van der Waals surface area contributed by atoms with Gasteiger partial charge in [0.05, 0.1) is 5.75 Å². The molecule has 0 saturated heterocycles. The molecule has 0 aliphatic heterocycles. The number of hydrogen-bond donors (Lipinski definition) is 0. The van der Waals surface area contributed by atoms with Crippen LogP contribution in [0.3, 0.4) is 0 Å². The van der Waals surface area contributed by atoms with Crippen LogP contribution < -0.4 is 0 Å². The van der Waals surface area contributed by atoms with Gasteiger partial charge in [0.15, 0.2) is 0 Å². The summed E-state index contributed by atoms with van der Waals surface area (Å²) in [5.41, 5.74) is 3.37. The molecule has 0 aromatic heterocycles. The van der Waals surface area contributed by atoms with Crippen molar-refractivity contribution >= 4 is 17.7 Å². The first kappa shape index (κ1) is 16.6. The fraction of sp³-hybridized carbons (Fsp3) is 0.278. The highest BCUT2D eigenvalue weighted by molar-refractivity contribution is 7.99. The maximum atomic E-state index is 12.8. The molecule has 0 bridgehead atoms. The van der Waals surface area contributed by atoms with Gasteiger partial charge in [0.1, 0.15) is 5.82 Å². The second kappa shape index (κ2) is 7.99. The minimum absolute atomic E-state index is 0.104. The standard InChI is InChI=1S/C18H20FNOS/c1-14-3-5-15(6-4-14)11-20(2)18(21)13-22-12-16-7-9-17(19)10-8-16/h3-10H,11-13H2,1-2H3. The maximum Gasteiger partial charge on any atom is 0.232 e. The molecule has 2 aromatic carbocycles. The Kier molecular flexibility index (Phi) is 6.01. The van der Waals surface area contributed by atoms with Crippen LogP contribution in [0.5, 0.6) is 0 Å². The van der Waals surface area contributed by atoms with Gasteiger partial charge in [-0.15, -0.1) is 11.8 Å². The molecule has 0 saturated carbocycles. The Bertz CT molecular complexity index is 610. The zero-order valence-corrected chi connectivity index (χ0v) is 13.7. The predicted molar refractivity (Wildman–Crippen MR) is 90.2 cm³/mol. The third kappa shape index (κ3) is 5.19. The zero-order valence-electron chi connectivity index (χ0n) is 12.9. The van der Waals surface area contributed by atoms with Crippen LogP contribution in [-0.2, 0) is 17.1 Å². The summed E-state index contributed by atoms with van der Waals surface area (Å²) in [4.78, 5) is 13.8. The van der Waals surface area contributed by atoms with Crippen LogP contribution in [0.4, 0.5) is 4.39 Å². The molecule has 0 heterocycles. The number of amides is 1. The second-order valence-electron chi connectivity index (χ2n) is 5.35. The normalized spacial score (nSPS) is 10.5. The van der Waals surface area contributed by atoms with Gasteiger partial charge in [0, 0.05) is 19.3 Å². The topological polar surface area (TPSA) is 20.3 Å². The third-order valence-electron chi connectivity index (χ3n) is 3.37. The number of carbonyl (C=O) groups excluding carboxylic acids is 1. The van der Waals surface area contributed by atoms with Crippen molar-refractivity contribution in [3.63, 3.8) is 0 Å². The van der Waals surface area contributed by atoms with Crippen LogP contribution in [0.15, 0.2) is 48.5 Å². The summed E-state index contributed by atoms with van der Waals surface area (Å²) in [6, 6.07) is 14.6. The Morgan fingerprint density at radius 2 is 1.64 bits per heavy atom. The van der Waals surface area contributed by atoms with Crippen molar-refractivity contribution in [3.05, 3.63) is 71.0 Å². The van der Waals surface area contributed by atoms with E-state index >= 15 is 0 Å². The quantitative estimate of drug-likeness (QED) is 0.802. The Labute approximate surface area is 135 Å². The van der Waals surface area contributed by atoms with Crippen LogP contribution >= 0.6 is 11.8 Å². The van der Waals surface area contributed by atoms with E-state index in [1.165, 1.54) is 17.7 Å². The fourth-order valence-corrected chi connectivity index (χ4v) is 2.93. The van der Waals surface area contributed by atoms with E-state index in [9.17, 15) is 9.18 Å². The van der Waals surface area contributed by atoms with Crippen molar-refractivity contribution in [2.75, 3.05) is 12.8 Å². The third-order valence-corrected chi connectivity index (χ3v) is 4.36. The summed E-state index contributed by atoms with van der Waals surface area (Å²) in [5, 5.41) is 0. The summed E-state index contributed by atoms with van der Waals surface area (Å²) in [6.45, 7) is 2.67. The first-order chi connectivity index (χ1) is 10.5. The second-order valence-corrected chi connectivity index (χ2v) is 6.34. The van der Waals surface area contributed by atoms with Crippen molar-refractivity contribution in [2.24, 2.45) is 0 Å². The molecule has 0 N–H and O–H groups in total. The van der Waals surface area contributed by atoms with Crippen molar-refractivity contribution < 1.29 is 9.18 Å². The van der Waals surface area contributed by atoms with E-state index in [4.69, 9.17) is 0 Å². The van der Waals surface area contributed by atoms with Gasteiger partial charge in [-0.1, -0.05) is 42.0 Å².